The second-order valence-corrected chi connectivity index (χ2v) is 5.46. The summed E-state index contributed by atoms with van der Waals surface area (Å²) >= 11 is 0. The molecule has 1 aliphatic heterocycles. The summed E-state index contributed by atoms with van der Waals surface area (Å²) in [7, 11) is 0. The van der Waals surface area contributed by atoms with Crippen molar-refractivity contribution in [3.8, 4) is 0 Å². The Bertz CT molecular complexity index is 557. The van der Waals surface area contributed by atoms with Crippen molar-refractivity contribution in [3.05, 3.63) is 45.8 Å². The molecule has 6 nitrogen and oxygen atoms in total. The summed E-state index contributed by atoms with van der Waals surface area (Å²) in [5, 5.41) is 3.40. The van der Waals surface area contributed by atoms with Gasteiger partial charge < -0.3 is 9.64 Å². The third kappa shape index (κ3) is 4.36. The minimum Gasteiger partial charge on any atom is -0.445 e. The van der Waals surface area contributed by atoms with Crippen LogP contribution in [0.25, 0.3) is 10.4 Å². The second-order valence-electron chi connectivity index (χ2n) is 5.46. The van der Waals surface area contributed by atoms with Gasteiger partial charge in [0.2, 0.25) is 0 Å². The number of carbonyl (C=O) groups is 1. The van der Waals surface area contributed by atoms with E-state index in [9.17, 15) is 9.18 Å². The van der Waals surface area contributed by atoms with Crippen molar-refractivity contribution in [3.63, 3.8) is 0 Å². The lowest BCUT2D eigenvalue weighted by Gasteiger charge is -2.33. The summed E-state index contributed by atoms with van der Waals surface area (Å²) in [6.07, 6.45) is -1.23. The number of piperidine rings is 1. The van der Waals surface area contributed by atoms with E-state index in [0.717, 1.165) is 11.1 Å². The van der Waals surface area contributed by atoms with Crippen molar-refractivity contribution in [1.29, 1.82) is 0 Å². The Morgan fingerprint density at radius 1 is 1.50 bits per heavy atom. The van der Waals surface area contributed by atoms with Gasteiger partial charge in [0.1, 0.15) is 12.8 Å². The van der Waals surface area contributed by atoms with Crippen LogP contribution in [-0.2, 0) is 11.3 Å². The molecule has 1 fully saturated rings. The van der Waals surface area contributed by atoms with Crippen molar-refractivity contribution in [2.45, 2.75) is 26.1 Å². The topological polar surface area (TPSA) is 78.3 Å². The number of alkyl halides is 1. The van der Waals surface area contributed by atoms with Crippen LogP contribution in [0.3, 0.4) is 0 Å². The largest absolute Gasteiger partial charge is 0.445 e. The molecule has 2 unspecified atom stereocenters. The zero-order chi connectivity index (χ0) is 15.9. The molecule has 0 aromatic heterocycles. The van der Waals surface area contributed by atoms with Crippen LogP contribution in [0.1, 0.15) is 17.5 Å². The quantitative estimate of drug-likeness (QED) is 0.484. The second kappa shape index (κ2) is 7.66. The van der Waals surface area contributed by atoms with Crippen LogP contribution in [0.2, 0.25) is 0 Å². The van der Waals surface area contributed by atoms with Gasteiger partial charge >= 0.3 is 6.09 Å². The maximum absolute atomic E-state index is 14.0. The number of likely N-dealkylation sites (tertiary alicyclic amines) is 1. The molecule has 0 saturated carbocycles. The highest BCUT2D eigenvalue weighted by molar-refractivity contribution is 5.67. The molecule has 1 saturated heterocycles. The number of rotatable bonds is 4. The number of carbonyl (C=O) groups excluding carboxylic acids is 1. The number of benzene rings is 1. The number of ether oxygens (including phenoxy) is 1. The third-order valence-electron chi connectivity index (χ3n) is 3.80. The highest BCUT2D eigenvalue weighted by atomic mass is 19.1. The lowest BCUT2D eigenvalue weighted by Crippen LogP contribution is -2.45. The normalized spacial score (nSPS) is 21.1. The molecular formula is C15H19FN4O2. The number of hydrogen-bond acceptors (Lipinski definition) is 3. The van der Waals surface area contributed by atoms with E-state index in [1.807, 2.05) is 31.2 Å². The lowest BCUT2D eigenvalue weighted by atomic mass is 9.95. The molecule has 0 spiro atoms. The van der Waals surface area contributed by atoms with E-state index in [0.29, 0.717) is 13.0 Å². The fraction of sp³-hybridized carbons (Fsp3) is 0.533. The molecule has 2 atom stereocenters. The van der Waals surface area contributed by atoms with Crippen LogP contribution in [-0.4, -0.2) is 36.8 Å². The van der Waals surface area contributed by atoms with Crippen molar-refractivity contribution in [2.75, 3.05) is 19.6 Å². The van der Waals surface area contributed by atoms with Gasteiger partial charge in [0.05, 0.1) is 6.54 Å². The van der Waals surface area contributed by atoms with E-state index in [2.05, 4.69) is 10.0 Å². The van der Waals surface area contributed by atoms with Crippen LogP contribution < -0.4 is 0 Å². The molecule has 7 heteroatoms. The summed E-state index contributed by atoms with van der Waals surface area (Å²) in [5.41, 5.74) is 10.3. The average Bonchev–Trinajstić information content (AvgIpc) is 2.53. The Hall–Kier alpha value is -2.27. The van der Waals surface area contributed by atoms with Crippen molar-refractivity contribution in [1.82, 2.24) is 4.90 Å². The molecule has 118 valence electrons. The van der Waals surface area contributed by atoms with Gasteiger partial charge in [-0.25, -0.2) is 9.18 Å². The molecular weight excluding hydrogens is 287 g/mol. The van der Waals surface area contributed by atoms with Crippen molar-refractivity contribution >= 4 is 6.09 Å². The van der Waals surface area contributed by atoms with E-state index in [4.69, 9.17) is 10.3 Å². The number of azide groups is 1. The number of nitrogens with zero attached hydrogens (tertiary/aromatic N) is 4. The molecule has 0 aliphatic carbocycles. The van der Waals surface area contributed by atoms with Crippen LogP contribution in [0, 0.1) is 12.8 Å². The molecule has 22 heavy (non-hydrogen) atoms. The Morgan fingerprint density at radius 3 is 2.86 bits per heavy atom. The molecule has 2 rings (SSSR count). The Balaban J connectivity index is 1.81. The monoisotopic (exact) mass is 306 g/mol. The van der Waals surface area contributed by atoms with Gasteiger partial charge in [-0.2, -0.15) is 0 Å². The van der Waals surface area contributed by atoms with E-state index >= 15 is 0 Å². The predicted octanol–water partition coefficient (Wildman–Crippen LogP) is 3.60. The SMILES string of the molecule is Cc1ccc(COC(=O)N2CCC(CN=[N+]=[N-])C(F)C2)cc1. The average molecular weight is 306 g/mol. The summed E-state index contributed by atoms with van der Waals surface area (Å²) in [4.78, 5) is 16.0. The summed E-state index contributed by atoms with van der Waals surface area (Å²) in [5.74, 6) is -0.322. The van der Waals surface area contributed by atoms with E-state index in [1.165, 1.54) is 4.90 Å². The Morgan fingerprint density at radius 2 is 2.23 bits per heavy atom. The van der Waals surface area contributed by atoms with Crippen LogP contribution in [0.5, 0.6) is 0 Å². The summed E-state index contributed by atoms with van der Waals surface area (Å²) in [6, 6.07) is 7.68. The number of aryl methyl sites for hydroxylation is 1. The molecule has 0 radical (unpaired) electrons. The van der Waals surface area contributed by atoms with Gasteiger partial charge in [-0.3, -0.25) is 0 Å². The van der Waals surface area contributed by atoms with E-state index in [-0.39, 0.29) is 25.6 Å². The molecule has 1 aromatic rings. The molecule has 1 heterocycles. The minimum absolute atomic E-state index is 0.0155. The summed E-state index contributed by atoms with van der Waals surface area (Å²) < 4.78 is 19.2. The number of amides is 1. The first-order chi connectivity index (χ1) is 10.6. The molecule has 0 bridgehead atoms. The number of halogens is 1. The highest BCUT2D eigenvalue weighted by Gasteiger charge is 2.31. The van der Waals surface area contributed by atoms with Gasteiger partial charge in [0, 0.05) is 18.0 Å². The predicted molar refractivity (Wildman–Crippen MR) is 80.0 cm³/mol. The minimum atomic E-state index is -1.19. The maximum atomic E-state index is 14.0. The molecule has 1 amide bonds. The standard InChI is InChI=1S/C15H19FN4O2/c1-11-2-4-12(5-3-11)10-22-15(21)20-7-6-13(8-18-19-17)14(16)9-20/h2-5,13-14H,6-10H2,1H3. The van der Waals surface area contributed by atoms with Crippen molar-refractivity contribution < 1.29 is 13.9 Å². The highest BCUT2D eigenvalue weighted by Crippen LogP contribution is 2.22. The smallest absolute Gasteiger partial charge is 0.410 e. The van der Waals surface area contributed by atoms with Gasteiger partial charge in [0.25, 0.3) is 0 Å². The first kappa shape index (κ1) is 16.1. The van der Waals surface area contributed by atoms with Crippen LogP contribution in [0.15, 0.2) is 29.4 Å². The zero-order valence-corrected chi connectivity index (χ0v) is 12.5. The summed E-state index contributed by atoms with van der Waals surface area (Å²) in [6.45, 7) is 2.69. The van der Waals surface area contributed by atoms with Crippen molar-refractivity contribution in [2.24, 2.45) is 11.0 Å². The van der Waals surface area contributed by atoms with Gasteiger partial charge in [-0.05, 0) is 30.4 Å². The maximum Gasteiger partial charge on any atom is 0.410 e. The molecule has 0 N–H and O–H groups in total. The Kier molecular flexibility index (Phi) is 5.61. The Labute approximate surface area is 128 Å². The lowest BCUT2D eigenvalue weighted by molar-refractivity contribution is 0.0536. The number of hydrogen-bond donors (Lipinski definition) is 0. The first-order valence-electron chi connectivity index (χ1n) is 7.22. The zero-order valence-electron chi connectivity index (χ0n) is 12.5. The van der Waals surface area contributed by atoms with E-state index in [1.54, 1.807) is 0 Å². The fourth-order valence-electron chi connectivity index (χ4n) is 2.39. The van der Waals surface area contributed by atoms with Crippen LogP contribution in [0.4, 0.5) is 9.18 Å². The van der Waals surface area contributed by atoms with Crippen LogP contribution >= 0.6 is 0 Å². The van der Waals surface area contributed by atoms with Gasteiger partial charge in [-0.15, -0.1) is 0 Å². The van der Waals surface area contributed by atoms with Gasteiger partial charge in [-0.1, -0.05) is 34.9 Å². The molecule has 1 aromatic carbocycles. The van der Waals surface area contributed by atoms with Gasteiger partial charge in [0.15, 0.2) is 0 Å². The first-order valence-corrected chi connectivity index (χ1v) is 7.22. The molecule has 1 aliphatic rings. The third-order valence-corrected chi connectivity index (χ3v) is 3.80. The fourth-order valence-corrected chi connectivity index (χ4v) is 2.39. The van der Waals surface area contributed by atoms with E-state index < -0.39 is 12.3 Å².